The number of carbonyl (C=O) groups excluding carboxylic acids is 2. The number of halogens is 1. The summed E-state index contributed by atoms with van der Waals surface area (Å²) in [5.41, 5.74) is 0.433. The third kappa shape index (κ3) is 2.00. The number of carboxylic acid groups (broad SMARTS) is 1. The first-order valence-corrected chi connectivity index (χ1v) is 5.91. The first-order chi connectivity index (χ1) is 8.45. The lowest BCUT2D eigenvalue weighted by Gasteiger charge is -2.32. The van der Waals surface area contributed by atoms with Gasteiger partial charge in [0.2, 0.25) is 5.78 Å². The second-order valence-corrected chi connectivity index (χ2v) is 4.55. The fourth-order valence-corrected chi connectivity index (χ4v) is 2.36. The molecule has 0 bridgehead atoms. The molecule has 0 spiro atoms. The van der Waals surface area contributed by atoms with E-state index in [0.29, 0.717) is 6.42 Å². The van der Waals surface area contributed by atoms with Crippen LogP contribution in [0.4, 0.5) is 0 Å². The monoisotopic (exact) mass is 270 g/mol. The van der Waals surface area contributed by atoms with Crippen molar-refractivity contribution in [3.63, 3.8) is 0 Å². The second-order valence-electron chi connectivity index (χ2n) is 4.14. The molecule has 2 rings (SSSR count). The summed E-state index contributed by atoms with van der Waals surface area (Å²) in [6.45, 7) is 1.75. The standard InChI is InChI=1S/C12H11ClO5/c1-2-8-10-5(3-9(18-8)12(16)17)7(14)4-6(13)11(10)15/h4,8-9H,2-3H2,1H3,(H,16,17). The van der Waals surface area contributed by atoms with Crippen LogP contribution >= 0.6 is 11.6 Å². The molecule has 0 saturated heterocycles. The molecule has 0 amide bonds. The highest BCUT2D eigenvalue weighted by Crippen LogP contribution is 2.34. The molecule has 2 unspecified atom stereocenters. The van der Waals surface area contributed by atoms with E-state index < -0.39 is 29.7 Å². The van der Waals surface area contributed by atoms with Crippen LogP contribution in [0.25, 0.3) is 0 Å². The Kier molecular flexibility index (Phi) is 3.36. The molecule has 0 saturated carbocycles. The Morgan fingerprint density at radius 1 is 1.56 bits per heavy atom. The Labute approximate surface area is 108 Å². The van der Waals surface area contributed by atoms with E-state index in [4.69, 9.17) is 21.4 Å². The zero-order valence-corrected chi connectivity index (χ0v) is 10.4. The lowest BCUT2D eigenvalue weighted by molar-refractivity contribution is -0.155. The first kappa shape index (κ1) is 13.0. The normalized spacial score (nSPS) is 28.0. The van der Waals surface area contributed by atoms with Crippen molar-refractivity contribution in [3.8, 4) is 0 Å². The van der Waals surface area contributed by atoms with Gasteiger partial charge in [-0.15, -0.1) is 0 Å². The maximum atomic E-state index is 11.9. The summed E-state index contributed by atoms with van der Waals surface area (Å²) in [5, 5.41) is 8.82. The average molecular weight is 271 g/mol. The van der Waals surface area contributed by atoms with E-state index in [1.807, 2.05) is 0 Å². The summed E-state index contributed by atoms with van der Waals surface area (Å²) >= 11 is 5.69. The zero-order chi connectivity index (χ0) is 13.4. The quantitative estimate of drug-likeness (QED) is 0.763. The van der Waals surface area contributed by atoms with Crippen molar-refractivity contribution in [1.82, 2.24) is 0 Å². The number of hydrogen-bond donors (Lipinski definition) is 1. The summed E-state index contributed by atoms with van der Waals surface area (Å²) in [6.07, 6.45) is -0.415. The largest absolute Gasteiger partial charge is 0.479 e. The number of rotatable bonds is 2. The highest BCUT2D eigenvalue weighted by Gasteiger charge is 2.40. The highest BCUT2D eigenvalue weighted by molar-refractivity contribution is 6.48. The molecule has 1 heterocycles. The van der Waals surface area contributed by atoms with E-state index in [2.05, 4.69) is 0 Å². The van der Waals surface area contributed by atoms with Gasteiger partial charge in [-0.3, -0.25) is 9.59 Å². The van der Waals surface area contributed by atoms with E-state index in [1.165, 1.54) is 0 Å². The van der Waals surface area contributed by atoms with Crippen molar-refractivity contribution in [2.24, 2.45) is 0 Å². The van der Waals surface area contributed by atoms with Gasteiger partial charge in [0.15, 0.2) is 11.9 Å². The molecule has 0 aromatic rings. The van der Waals surface area contributed by atoms with E-state index in [9.17, 15) is 14.4 Å². The van der Waals surface area contributed by atoms with E-state index in [1.54, 1.807) is 6.92 Å². The molecule has 1 N–H and O–H groups in total. The van der Waals surface area contributed by atoms with Gasteiger partial charge in [0, 0.05) is 23.6 Å². The number of ether oxygens (including phenoxy) is 1. The van der Waals surface area contributed by atoms with Crippen molar-refractivity contribution in [2.75, 3.05) is 0 Å². The lowest BCUT2D eigenvalue weighted by atomic mass is 9.84. The van der Waals surface area contributed by atoms with Gasteiger partial charge >= 0.3 is 5.97 Å². The predicted octanol–water partition coefficient (Wildman–Crippen LogP) is 1.21. The summed E-state index contributed by atoms with van der Waals surface area (Å²) < 4.78 is 5.32. The van der Waals surface area contributed by atoms with Gasteiger partial charge in [-0.25, -0.2) is 4.79 Å². The average Bonchev–Trinajstić information content (AvgIpc) is 2.34. The molecule has 1 aliphatic carbocycles. The Hall–Kier alpha value is -1.46. The molecule has 2 aliphatic rings. The van der Waals surface area contributed by atoms with Crippen molar-refractivity contribution < 1.29 is 24.2 Å². The van der Waals surface area contributed by atoms with Gasteiger partial charge in [0.25, 0.3) is 0 Å². The smallest absolute Gasteiger partial charge is 0.333 e. The molecule has 96 valence electrons. The Bertz CT molecular complexity index is 503. The van der Waals surface area contributed by atoms with Crippen LogP contribution < -0.4 is 0 Å². The molecule has 6 heteroatoms. The van der Waals surface area contributed by atoms with Crippen molar-refractivity contribution in [2.45, 2.75) is 32.0 Å². The third-order valence-electron chi connectivity index (χ3n) is 3.03. The van der Waals surface area contributed by atoms with Gasteiger partial charge < -0.3 is 9.84 Å². The minimum Gasteiger partial charge on any atom is -0.479 e. The number of carbonyl (C=O) groups is 3. The van der Waals surface area contributed by atoms with Gasteiger partial charge in [0.05, 0.1) is 11.1 Å². The third-order valence-corrected chi connectivity index (χ3v) is 3.31. The predicted molar refractivity (Wildman–Crippen MR) is 62.2 cm³/mol. The summed E-state index contributed by atoms with van der Waals surface area (Å²) in [6, 6.07) is 0. The maximum absolute atomic E-state index is 11.9. The molecule has 1 aliphatic heterocycles. The van der Waals surface area contributed by atoms with Crippen molar-refractivity contribution in [3.05, 3.63) is 22.3 Å². The molecule has 0 fully saturated rings. The van der Waals surface area contributed by atoms with Crippen molar-refractivity contribution in [1.29, 1.82) is 0 Å². The topological polar surface area (TPSA) is 80.7 Å². The molecule has 0 aromatic carbocycles. The van der Waals surface area contributed by atoms with E-state index in [-0.39, 0.29) is 22.6 Å². The molecule has 18 heavy (non-hydrogen) atoms. The molecule has 0 radical (unpaired) electrons. The number of aliphatic carboxylic acids is 1. The van der Waals surface area contributed by atoms with Crippen LogP contribution in [0.1, 0.15) is 19.8 Å². The maximum Gasteiger partial charge on any atom is 0.333 e. The van der Waals surface area contributed by atoms with Gasteiger partial charge in [-0.2, -0.15) is 0 Å². The Balaban J connectivity index is 2.46. The molecule has 5 nitrogen and oxygen atoms in total. The van der Waals surface area contributed by atoms with Crippen LogP contribution in [0.2, 0.25) is 0 Å². The Morgan fingerprint density at radius 3 is 2.78 bits per heavy atom. The second kappa shape index (κ2) is 4.66. The minimum atomic E-state index is -1.14. The van der Waals surface area contributed by atoms with Crippen molar-refractivity contribution >= 4 is 29.1 Å². The van der Waals surface area contributed by atoms with Gasteiger partial charge in [0.1, 0.15) is 0 Å². The Morgan fingerprint density at radius 2 is 2.22 bits per heavy atom. The zero-order valence-electron chi connectivity index (χ0n) is 9.60. The van der Waals surface area contributed by atoms with E-state index in [0.717, 1.165) is 6.08 Å². The molecule has 0 aromatic heterocycles. The van der Waals surface area contributed by atoms with Gasteiger partial charge in [-0.1, -0.05) is 18.5 Å². The SMILES string of the molecule is CCC1OC(C(=O)O)CC2=C1C(=O)C(Cl)=CC2=O. The fourth-order valence-electron chi connectivity index (χ4n) is 2.16. The fraction of sp³-hybridized carbons (Fsp3) is 0.417. The molecular weight excluding hydrogens is 260 g/mol. The van der Waals surface area contributed by atoms with Crippen LogP contribution in [0.15, 0.2) is 22.3 Å². The van der Waals surface area contributed by atoms with Crippen LogP contribution in [-0.4, -0.2) is 34.9 Å². The number of allylic oxidation sites excluding steroid dienone is 2. The number of hydrogen-bond acceptors (Lipinski definition) is 4. The minimum absolute atomic E-state index is 0.0909. The summed E-state index contributed by atoms with van der Waals surface area (Å²) in [5.74, 6) is -1.98. The summed E-state index contributed by atoms with van der Waals surface area (Å²) in [7, 11) is 0. The number of Topliss-reactive ketones (excluding diaryl/α,β-unsaturated/α-hetero) is 1. The van der Waals surface area contributed by atoms with Crippen LogP contribution in [0.3, 0.4) is 0 Å². The van der Waals surface area contributed by atoms with Gasteiger partial charge in [-0.05, 0) is 6.42 Å². The van der Waals surface area contributed by atoms with Crippen LogP contribution in [0, 0.1) is 0 Å². The molecule has 2 atom stereocenters. The molecular formula is C12H11ClO5. The van der Waals surface area contributed by atoms with E-state index >= 15 is 0 Å². The van der Waals surface area contributed by atoms with Crippen LogP contribution in [-0.2, 0) is 19.1 Å². The lowest BCUT2D eigenvalue weighted by Crippen LogP contribution is -2.40. The summed E-state index contributed by atoms with van der Waals surface area (Å²) in [4.78, 5) is 34.7. The number of carboxylic acids is 1. The first-order valence-electron chi connectivity index (χ1n) is 5.53. The number of ketones is 2. The highest BCUT2D eigenvalue weighted by atomic mass is 35.5. The van der Waals surface area contributed by atoms with Crippen LogP contribution in [0.5, 0.6) is 0 Å².